The van der Waals surface area contributed by atoms with Crippen LogP contribution >= 0.6 is 0 Å². The average molecular weight is 1200 g/mol. The lowest BCUT2D eigenvalue weighted by atomic mass is 9.86. The van der Waals surface area contributed by atoms with Gasteiger partial charge >= 0.3 is 5.97 Å². The number of carbonyl (C=O) groups excluding carboxylic acids is 2. The molecule has 5 heterocycles. The van der Waals surface area contributed by atoms with Crippen molar-refractivity contribution in [2.45, 2.75) is 96.7 Å². The Bertz CT molecular complexity index is 3490. The van der Waals surface area contributed by atoms with Gasteiger partial charge < -0.3 is 95.1 Å². The lowest BCUT2D eigenvalue weighted by molar-refractivity contribution is -0.260. The smallest absolute Gasteiger partial charge is 0.339 e. The van der Waals surface area contributed by atoms with E-state index in [0.717, 1.165) is 5.56 Å². The fourth-order valence-electron chi connectivity index (χ4n) is 12.0. The zero-order chi connectivity index (χ0) is 61.3. The average Bonchev–Trinajstić information content (AvgIpc) is 0.893. The molecule has 22 nitrogen and oxygen atoms in total. The molecule has 9 atom stereocenters. The van der Waals surface area contributed by atoms with Crippen molar-refractivity contribution >= 4 is 33.3 Å². The minimum atomic E-state index is -1.06. The number of Topliss-reactive ketones (excluding diaryl/α,β-unsaturated/α-hetero) is 1. The maximum absolute atomic E-state index is 13.6. The van der Waals surface area contributed by atoms with Crippen molar-refractivity contribution in [2.24, 2.45) is 11.8 Å². The van der Waals surface area contributed by atoms with E-state index in [4.69, 9.17) is 90.0 Å². The van der Waals surface area contributed by atoms with Gasteiger partial charge in [-0.3, -0.25) is 4.79 Å². The molecule has 0 amide bonds. The largest absolute Gasteiger partial charge is 0.493 e. The van der Waals surface area contributed by atoms with Gasteiger partial charge in [-0.05, 0) is 103 Å². The molecule has 3 saturated heterocycles. The van der Waals surface area contributed by atoms with Gasteiger partial charge in [-0.2, -0.15) is 0 Å². The first-order valence-electron chi connectivity index (χ1n) is 28.0. The molecule has 0 bridgehead atoms. The topological polar surface area (TPSA) is 230 Å². The van der Waals surface area contributed by atoms with Crippen LogP contribution in [-0.2, 0) is 55.8 Å². The fraction of sp³-hybridized carbons (Fsp3) is 0.469. The third kappa shape index (κ3) is 11.4. The van der Waals surface area contributed by atoms with Gasteiger partial charge in [0.2, 0.25) is 26.2 Å². The van der Waals surface area contributed by atoms with Gasteiger partial charge in [0, 0.05) is 67.0 Å². The molecule has 0 aromatic heterocycles. The van der Waals surface area contributed by atoms with Crippen LogP contribution in [0.5, 0.6) is 57.5 Å². The first-order chi connectivity index (χ1) is 41.5. The zero-order valence-corrected chi connectivity index (χ0v) is 50.7. The van der Waals surface area contributed by atoms with E-state index < -0.39 is 48.8 Å². The van der Waals surface area contributed by atoms with E-state index in [1.807, 2.05) is 54.6 Å². The number of ketones is 1. The van der Waals surface area contributed by atoms with Crippen molar-refractivity contribution in [3.05, 3.63) is 82.9 Å². The van der Waals surface area contributed by atoms with Crippen molar-refractivity contribution < 1.29 is 105 Å². The molecule has 0 spiro atoms. The number of fused-ring (bicyclic) bond motifs is 5. The summed E-state index contributed by atoms with van der Waals surface area (Å²) >= 11 is 0. The van der Waals surface area contributed by atoms with Gasteiger partial charge in [0.05, 0.1) is 67.5 Å². The molecule has 0 saturated carbocycles. The highest BCUT2D eigenvalue weighted by Gasteiger charge is 2.56. The van der Waals surface area contributed by atoms with Crippen LogP contribution in [0.3, 0.4) is 0 Å². The quantitative estimate of drug-likeness (QED) is 0.0588. The Kier molecular flexibility index (Phi) is 18.6. The molecular weight excluding hydrogens is 1120 g/mol. The van der Waals surface area contributed by atoms with Crippen LogP contribution in [0, 0.1) is 11.8 Å². The summed E-state index contributed by atoms with van der Waals surface area (Å²) < 4.78 is 112. The molecule has 0 aliphatic carbocycles. The number of carbonyl (C=O) groups is 2. The van der Waals surface area contributed by atoms with Gasteiger partial charge in [-0.25, -0.2) is 4.79 Å². The number of esters is 1. The number of benzene rings is 6. The minimum absolute atomic E-state index is 0.0264. The van der Waals surface area contributed by atoms with Gasteiger partial charge in [-0.1, -0.05) is 26.0 Å². The van der Waals surface area contributed by atoms with E-state index in [-0.39, 0.29) is 62.7 Å². The normalized spacial score (nSPS) is 23.3. The van der Waals surface area contributed by atoms with E-state index in [2.05, 4.69) is 13.8 Å². The van der Waals surface area contributed by atoms with Crippen LogP contribution in [0.4, 0.5) is 0 Å². The third-order valence-electron chi connectivity index (χ3n) is 16.2. The molecular formula is C64H74O22. The highest BCUT2D eigenvalue weighted by atomic mass is 16.8. The first kappa shape index (κ1) is 61.7. The van der Waals surface area contributed by atoms with Crippen molar-refractivity contribution in [1.82, 2.24) is 0 Å². The molecule has 6 aromatic rings. The second-order valence-corrected chi connectivity index (χ2v) is 21.6. The fourth-order valence-corrected chi connectivity index (χ4v) is 12.0. The number of hydrogen-bond acceptors (Lipinski definition) is 22. The molecule has 0 radical (unpaired) electrons. The number of hydrogen-bond donors (Lipinski definition) is 1. The van der Waals surface area contributed by atoms with Crippen LogP contribution in [0.15, 0.2) is 60.7 Å². The number of aliphatic hydroxyl groups excluding tert-OH is 1. The van der Waals surface area contributed by atoms with Crippen LogP contribution in [0.2, 0.25) is 0 Å². The summed E-state index contributed by atoms with van der Waals surface area (Å²) in [6, 6.07) is 18.3. The standard InChI is InChI=1S/C33H38O12.C31H36O10/c1-16(35)26-20(14-36-4)28(43-32-31(39-7)30-29(25(13-34)42-32)44-33(2,3)45-30)19-12-23(38-6)22(37-5)11-18(19)27(26)17-8-9-21-24(10-17)41-15-40-21;1-16-13-38-31(28(36-6)17(16)2)41-29-20-12-24(35-5)23(34-4)11-19(20)26(27(30(32)37-7)21(29)14-33-3)18-8-9-22-25(10-18)40-15-39-22/h8-12,25,29-32,34H,13-15H2,1-7H3;8-12,16-17,28,31H,13-15H2,1-7H3. The molecule has 1 N–H and O–H groups in total. The number of ether oxygens (including phenoxy) is 19. The van der Waals surface area contributed by atoms with Crippen LogP contribution in [-0.4, -0.2) is 157 Å². The predicted molar refractivity (Wildman–Crippen MR) is 310 cm³/mol. The summed E-state index contributed by atoms with van der Waals surface area (Å²) in [5.41, 5.74) is 4.31. The van der Waals surface area contributed by atoms with Crippen molar-refractivity contribution in [3.8, 4) is 79.7 Å². The second kappa shape index (κ2) is 25.9. The molecule has 3 fully saturated rings. The number of methoxy groups -OCH3 is 9. The minimum Gasteiger partial charge on any atom is -0.493 e. The maximum Gasteiger partial charge on any atom is 0.339 e. The van der Waals surface area contributed by atoms with Crippen LogP contribution in [0.1, 0.15) is 66.5 Å². The van der Waals surface area contributed by atoms with Crippen LogP contribution < -0.4 is 47.4 Å². The lowest BCUT2D eigenvalue weighted by Crippen LogP contribution is -2.59. The predicted octanol–water partition coefficient (Wildman–Crippen LogP) is 9.44. The Balaban J connectivity index is 0.000000192. The van der Waals surface area contributed by atoms with Gasteiger partial charge in [-0.15, -0.1) is 0 Å². The van der Waals surface area contributed by atoms with E-state index >= 15 is 0 Å². The SMILES string of the molecule is COCc1c(C(=O)OC)c(-c2ccc3c(c2)OCO3)c2cc(OC)c(OC)cc2c1OC1OCC(C)C(C)C1OC.COCc1c(C(C)=O)c(-c2ccc3c(c2)OCO3)c2cc(OC)c(OC)cc2c1OC1OC(CO)C2OC(C)(C)OC2C1OC. The highest BCUT2D eigenvalue weighted by Crippen LogP contribution is 2.52. The summed E-state index contributed by atoms with van der Waals surface area (Å²) in [4.78, 5) is 27.2. The Morgan fingerprint density at radius 1 is 0.581 bits per heavy atom. The summed E-state index contributed by atoms with van der Waals surface area (Å²) in [7, 11) is 13.8. The van der Waals surface area contributed by atoms with E-state index in [1.165, 1.54) is 21.1 Å². The Hall–Kier alpha value is -7.38. The van der Waals surface area contributed by atoms with Gasteiger partial charge in [0.15, 0.2) is 57.6 Å². The lowest BCUT2D eigenvalue weighted by Gasteiger charge is -2.41. The summed E-state index contributed by atoms with van der Waals surface area (Å²) in [6.45, 7) is 9.78. The molecule has 462 valence electrons. The van der Waals surface area contributed by atoms with Crippen molar-refractivity contribution in [1.29, 1.82) is 0 Å². The Morgan fingerprint density at radius 3 is 1.51 bits per heavy atom. The molecule has 9 unspecified atom stereocenters. The second-order valence-electron chi connectivity index (χ2n) is 21.6. The Labute approximate surface area is 498 Å². The maximum atomic E-state index is 13.6. The van der Waals surface area contributed by atoms with Crippen LogP contribution in [0.25, 0.3) is 43.8 Å². The molecule has 5 aliphatic rings. The third-order valence-corrected chi connectivity index (χ3v) is 16.2. The Morgan fingerprint density at radius 2 is 1.05 bits per heavy atom. The zero-order valence-electron chi connectivity index (χ0n) is 50.7. The molecule has 6 aromatic carbocycles. The van der Waals surface area contributed by atoms with Gasteiger partial charge in [0.1, 0.15) is 42.0 Å². The van der Waals surface area contributed by atoms with E-state index in [1.54, 1.807) is 69.7 Å². The van der Waals surface area contributed by atoms with E-state index in [9.17, 15) is 14.7 Å². The van der Waals surface area contributed by atoms with Gasteiger partial charge in [0.25, 0.3) is 0 Å². The monoisotopic (exact) mass is 1190 g/mol. The number of aliphatic hydroxyl groups is 1. The summed E-state index contributed by atoms with van der Waals surface area (Å²) in [6.07, 6.45) is -4.85. The number of rotatable bonds is 19. The van der Waals surface area contributed by atoms with Crippen molar-refractivity contribution in [3.63, 3.8) is 0 Å². The summed E-state index contributed by atoms with van der Waals surface area (Å²) in [5, 5.41) is 12.8. The molecule has 86 heavy (non-hydrogen) atoms. The highest BCUT2D eigenvalue weighted by molar-refractivity contribution is 6.15. The first-order valence-corrected chi connectivity index (χ1v) is 28.0. The molecule has 22 heteroatoms. The molecule has 11 rings (SSSR count). The van der Waals surface area contributed by atoms with E-state index in [0.29, 0.717) is 119 Å². The van der Waals surface area contributed by atoms with Crippen molar-refractivity contribution in [2.75, 3.05) is 90.8 Å². The molecule has 5 aliphatic heterocycles. The summed E-state index contributed by atoms with van der Waals surface area (Å²) in [5.74, 6) is 3.71.